The SMILES string of the molecule is CC(C)C1CCN(C(=O)Oc2ccccc2)C1. The number of carbonyl (C=O) groups excluding carboxylic acids is 1. The van der Waals surface area contributed by atoms with Crippen LogP contribution in [0.25, 0.3) is 0 Å². The Labute approximate surface area is 102 Å². The standard InChI is InChI=1S/C14H19NO2/c1-11(2)12-8-9-15(10-12)14(16)17-13-6-4-3-5-7-13/h3-7,11-12H,8-10H2,1-2H3. The summed E-state index contributed by atoms with van der Waals surface area (Å²) in [5.41, 5.74) is 0. The number of nitrogens with zero attached hydrogens (tertiary/aromatic N) is 1. The molecule has 92 valence electrons. The highest BCUT2D eigenvalue weighted by Gasteiger charge is 2.29. The number of carbonyl (C=O) groups is 1. The van der Waals surface area contributed by atoms with Crippen molar-refractivity contribution in [1.29, 1.82) is 0 Å². The molecule has 17 heavy (non-hydrogen) atoms. The first kappa shape index (κ1) is 12.0. The van der Waals surface area contributed by atoms with Crippen LogP contribution in [0.3, 0.4) is 0 Å². The average Bonchev–Trinajstić information content (AvgIpc) is 2.79. The minimum absolute atomic E-state index is 0.223. The third-order valence-corrected chi connectivity index (χ3v) is 3.37. The molecule has 1 heterocycles. The number of hydrogen-bond donors (Lipinski definition) is 0. The van der Waals surface area contributed by atoms with E-state index in [9.17, 15) is 4.79 Å². The number of benzene rings is 1. The summed E-state index contributed by atoms with van der Waals surface area (Å²) in [5.74, 6) is 1.85. The molecule has 0 spiro atoms. The minimum Gasteiger partial charge on any atom is -0.410 e. The quantitative estimate of drug-likeness (QED) is 0.785. The van der Waals surface area contributed by atoms with Crippen molar-refractivity contribution < 1.29 is 9.53 Å². The first-order valence-corrected chi connectivity index (χ1v) is 6.18. The number of para-hydroxylation sites is 1. The summed E-state index contributed by atoms with van der Waals surface area (Å²) in [6, 6.07) is 9.23. The van der Waals surface area contributed by atoms with Gasteiger partial charge in [0.15, 0.2) is 0 Å². The summed E-state index contributed by atoms with van der Waals surface area (Å²) in [5, 5.41) is 0. The highest BCUT2D eigenvalue weighted by molar-refractivity contribution is 5.70. The van der Waals surface area contributed by atoms with Crippen LogP contribution < -0.4 is 4.74 Å². The molecule has 0 aliphatic carbocycles. The third-order valence-electron chi connectivity index (χ3n) is 3.37. The van der Waals surface area contributed by atoms with Crippen LogP contribution in [0.5, 0.6) is 5.75 Å². The van der Waals surface area contributed by atoms with Gasteiger partial charge in [0.05, 0.1) is 0 Å². The van der Waals surface area contributed by atoms with Crippen LogP contribution in [-0.4, -0.2) is 24.1 Å². The van der Waals surface area contributed by atoms with Gasteiger partial charge in [0.1, 0.15) is 5.75 Å². The van der Waals surface area contributed by atoms with Gasteiger partial charge in [0, 0.05) is 13.1 Å². The fourth-order valence-electron chi connectivity index (χ4n) is 2.15. The summed E-state index contributed by atoms with van der Waals surface area (Å²) in [6.45, 7) is 6.05. The van der Waals surface area contributed by atoms with Gasteiger partial charge in [-0.15, -0.1) is 0 Å². The first-order valence-electron chi connectivity index (χ1n) is 6.18. The summed E-state index contributed by atoms with van der Waals surface area (Å²) >= 11 is 0. The van der Waals surface area contributed by atoms with Crippen molar-refractivity contribution in [1.82, 2.24) is 4.90 Å². The van der Waals surface area contributed by atoms with Crippen molar-refractivity contribution >= 4 is 6.09 Å². The van der Waals surface area contributed by atoms with Crippen LogP contribution in [0.4, 0.5) is 4.79 Å². The summed E-state index contributed by atoms with van der Waals surface area (Å²) in [7, 11) is 0. The molecule has 0 bridgehead atoms. The van der Waals surface area contributed by atoms with Gasteiger partial charge in [0.25, 0.3) is 0 Å². The molecule has 1 amide bonds. The molecule has 1 atom stereocenters. The van der Waals surface area contributed by atoms with Crippen molar-refractivity contribution in [2.24, 2.45) is 11.8 Å². The van der Waals surface area contributed by atoms with Gasteiger partial charge in [-0.25, -0.2) is 4.79 Å². The largest absolute Gasteiger partial charge is 0.415 e. The van der Waals surface area contributed by atoms with Gasteiger partial charge in [0.2, 0.25) is 0 Å². The number of ether oxygens (including phenoxy) is 1. The average molecular weight is 233 g/mol. The molecule has 1 aliphatic heterocycles. The second-order valence-corrected chi connectivity index (χ2v) is 4.92. The van der Waals surface area contributed by atoms with Gasteiger partial charge in [-0.05, 0) is 30.4 Å². The molecule has 1 aromatic carbocycles. The van der Waals surface area contributed by atoms with Crippen molar-refractivity contribution in [3.8, 4) is 5.75 Å². The van der Waals surface area contributed by atoms with Crippen molar-refractivity contribution in [3.63, 3.8) is 0 Å². The maximum atomic E-state index is 11.9. The second-order valence-electron chi connectivity index (χ2n) is 4.92. The molecule has 1 aliphatic rings. The molecule has 1 aromatic rings. The summed E-state index contributed by atoms with van der Waals surface area (Å²) < 4.78 is 5.31. The van der Waals surface area contributed by atoms with E-state index in [1.807, 2.05) is 18.2 Å². The highest BCUT2D eigenvalue weighted by atomic mass is 16.6. The monoisotopic (exact) mass is 233 g/mol. The van der Waals surface area contributed by atoms with Gasteiger partial charge in [-0.2, -0.15) is 0 Å². The van der Waals surface area contributed by atoms with Crippen LogP contribution >= 0.6 is 0 Å². The maximum absolute atomic E-state index is 11.9. The topological polar surface area (TPSA) is 29.5 Å². The van der Waals surface area contributed by atoms with Crippen LogP contribution in [0.1, 0.15) is 20.3 Å². The lowest BCUT2D eigenvalue weighted by atomic mass is 9.95. The van der Waals surface area contributed by atoms with Crippen LogP contribution in [0.2, 0.25) is 0 Å². The number of hydrogen-bond acceptors (Lipinski definition) is 2. The van der Waals surface area contributed by atoms with E-state index in [-0.39, 0.29) is 6.09 Å². The van der Waals surface area contributed by atoms with Crippen molar-refractivity contribution in [2.45, 2.75) is 20.3 Å². The van der Waals surface area contributed by atoms with E-state index in [4.69, 9.17) is 4.74 Å². The molecule has 0 saturated carbocycles. The Morgan fingerprint density at radius 1 is 1.35 bits per heavy atom. The number of rotatable bonds is 2. The zero-order chi connectivity index (χ0) is 12.3. The Hall–Kier alpha value is -1.51. The summed E-state index contributed by atoms with van der Waals surface area (Å²) in [6.07, 6.45) is 0.862. The zero-order valence-electron chi connectivity index (χ0n) is 10.4. The second kappa shape index (κ2) is 5.21. The fraction of sp³-hybridized carbons (Fsp3) is 0.500. The van der Waals surface area contributed by atoms with Crippen molar-refractivity contribution in [2.75, 3.05) is 13.1 Å². The molecule has 0 aromatic heterocycles. The molecule has 1 unspecified atom stereocenters. The van der Waals surface area contributed by atoms with E-state index in [0.29, 0.717) is 17.6 Å². The molecule has 1 fully saturated rings. The molecule has 3 heteroatoms. The predicted molar refractivity (Wildman–Crippen MR) is 67.0 cm³/mol. The van der Waals surface area contributed by atoms with E-state index in [1.165, 1.54) is 0 Å². The van der Waals surface area contributed by atoms with E-state index >= 15 is 0 Å². The molecule has 1 saturated heterocycles. The van der Waals surface area contributed by atoms with E-state index < -0.39 is 0 Å². The Morgan fingerprint density at radius 2 is 2.06 bits per heavy atom. The van der Waals surface area contributed by atoms with Gasteiger partial charge in [-0.3, -0.25) is 0 Å². The Balaban J connectivity index is 1.90. The van der Waals surface area contributed by atoms with Crippen LogP contribution in [-0.2, 0) is 0 Å². The molecular weight excluding hydrogens is 214 g/mol. The van der Waals surface area contributed by atoms with Crippen molar-refractivity contribution in [3.05, 3.63) is 30.3 Å². The van der Waals surface area contributed by atoms with Crippen LogP contribution in [0, 0.1) is 11.8 Å². The van der Waals surface area contributed by atoms with Gasteiger partial charge in [-0.1, -0.05) is 32.0 Å². The lowest BCUT2D eigenvalue weighted by Crippen LogP contribution is -2.31. The lowest BCUT2D eigenvalue weighted by Gasteiger charge is -2.17. The van der Waals surface area contributed by atoms with E-state index in [2.05, 4.69) is 13.8 Å². The van der Waals surface area contributed by atoms with Crippen LogP contribution in [0.15, 0.2) is 30.3 Å². The lowest BCUT2D eigenvalue weighted by molar-refractivity contribution is 0.160. The van der Waals surface area contributed by atoms with E-state index in [1.54, 1.807) is 17.0 Å². The van der Waals surface area contributed by atoms with E-state index in [0.717, 1.165) is 19.5 Å². The minimum atomic E-state index is -0.223. The fourth-order valence-corrected chi connectivity index (χ4v) is 2.15. The summed E-state index contributed by atoms with van der Waals surface area (Å²) in [4.78, 5) is 13.7. The molecular formula is C14H19NO2. The smallest absolute Gasteiger partial charge is 0.410 e. The van der Waals surface area contributed by atoms with Gasteiger partial charge >= 0.3 is 6.09 Å². The number of likely N-dealkylation sites (tertiary alicyclic amines) is 1. The predicted octanol–water partition coefficient (Wildman–Crippen LogP) is 3.16. The molecule has 0 radical (unpaired) electrons. The first-order chi connectivity index (χ1) is 8.16. The third kappa shape index (κ3) is 2.99. The zero-order valence-corrected chi connectivity index (χ0v) is 10.4. The molecule has 0 N–H and O–H groups in total. The molecule has 3 nitrogen and oxygen atoms in total. The Morgan fingerprint density at radius 3 is 2.65 bits per heavy atom. The molecule has 2 rings (SSSR count). The normalized spacial score (nSPS) is 19.7. The Kier molecular flexibility index (Phi) is 3.67. The Bertz CT molecular complexity index is 375. The van der Waals surface area contributed by atoms with Gasteiger partial charge < -0.3 is 9.64 Å². The number of amides is 1. The maximum Gasteiger partial charge on any atom is 0.415 e. The highest BCUT2D eigenvalue weighted by Crippen LogP contribution is 2.24.